The molecule has 11 nitrogen and oxygen atoms in total. The van der Waals surface area contributed by atoms with E-state index >= 15 is 0 Å². The fourth-order valence-electron chi connectivity index (χ4n) is 6.34. The summed E-state index contributed by atoms with van der Waals surface area (Å²) in [6.45, 7) is 6.13. The van der Waals surface area contributed by atoms with Crippen LogP contribution in [-0.4, -0.2) is 66.5 Å². The molecule has 0 aromatic heterocycles. The molecule has 0 radical (unpaired) electrons. The fourth-order valence-corrected chi connectivity index (χ4v) is 7.96. The zero-order valence-corrected chi connectivity index (χ0v) is 23.6. The van der Waals surface area contributed by atoms with Gasteiger partial charge in [0.15, 0.2) is 0 Å². The summed E-state index contributed by atoms with van der Waals surface area (Å²) in [5.74, 6) is -0.889. The van der Waals surface area contributed by atoms with Gasteiger partial charge in [0.1, 0.15) is 11.8 Å². The smallest absolute Gasteiger partial charge is 0.307 e. The molecule has 1 aromatic carbocycles. The SMILES string of the molecule is CC(C)(C)OC(=O)CCN1Cc2cc(NC3NN([C@H]4CCCC[C@@H]4C#N)C4CCNC(=O)C34)ccc2S1(=O)=O. The first-order valence-corrected chi connectivity index (χ1v) is 15.3. The third-order valence-electron chi connectivity index (χ3n) is 8.05. The van der Waals surface area contributed by atoms with Crippen LogP contribution in [0.2, 0.25) is 0 Å². The molecule has 0 spiro atoms. The van der Waals surface area contributed by atoms with E-state index in [1.54, 1.807) is 39.0 Å². The number of esters is 1. The second-order valence-corrected chi connectivity index (χ2v) is 13.8. The number of hydrogen-bond donors (Lipinski definition) is 3. The molecule has 1 aliphatic carbocycles. The lowest BCUT2D eigenvalue weighted by molar-refractivity contribution is -0.154. The minimum Gasteiger partial charge on any atom is -0.460 e. The lowest BCUT2D eigenvalue weighted by Crippen LogP contribution is -2.54. The number of fused-ring (bicyclic) bond motifs is 2. The number of benzene rings is 1. The Bertz CT molecular complexity index is 1270. The number of amides is 1. The van der Waals surface area contributed by atoms with Crippen molar-refractivity contribution < 1.29 is 22.7 Å². The molecule has 2 saturated heterocycles. The number of nitrogens with one attached hydrogen (secondary N) is 3. The predicted octanol–water partition coefficient (Wildman–Crippen LogP) is 2.07. The van der Waals surface area contributed by atoms with Crippen LogP contribution < -0.4 is 16.1 Å². The summed E-state index contributed by atoms with van der Waals surface area (Å²) in [6, 6.07) is 7.61. The molecule has 1 amide bonds. The van der Waals surface area contributed by atoms with Crippen molar-refractivity contribution in [1.29, 1.82) is 5.26 Å². The molecule has 1 saturated carbocycles. The Hall–Kier alpha value is -2.72. The van der Waals surface area contributed by atoms with Crippen LogP contribution in [0.1, 0.15) is 64.9 Å². The van der Waals surface area contributed by atoms with Crippen molar-refractivity contribution in [1.82, 2.24) is 20.1 Å². The van der Waals surface area contributed by atoms with Crippen LogP contribution in [0.4, 0.5) is 5.69 Å². The highest BCUT2D eigenvalue weighted by Crippen LogP contribution is 2.37. The van der Waals surface area contributed by atoms with Gasteiger partial charge in [-0.15, -0.1) is 0 Å². The summed E-state index contributed by atoms with van der Waals surface area (Å²) in [4.78, 5) is 25.4. The van der Waals surface area contributed by atoms with Gasteiger partial charge in [0.25, 0.3) is 0 Å². The Balaban J connectivity index is 1.30. The molecule has 12 heteroatoms. The Kier molecular flexibility index (Phi) is 7.63. The third kappa shape index (κ3) is 5.63. The summed E-state index contributed by atoms with van der Waals surface area (Å²) in [7, 11) is -3.71. The lowest BCUT2D eigenvalue weighted by Gasteiger charge is -2.39. The molecular formula is C27H38N6O5S. The fraction of sp³-hybridized carbons (Fsp3) is 0.667. The largest absolute Gasteiger partial charge is 0.460 e. The Morgan fingerprint density at radius 3 is 2.72 bits per heavy atom. The number of anilines is 1. The van der Waals surface area contributed by atoms with E-state index in [0.29, 0.717) is 17.8 Å². The van der Waals surface area contributed by atoms with E-state index in [9.17, 15) is 23.3 Å². The standard InChI is InChI=1S/C27H38N6O5S/c1-27(2,3)38-23(34)11-13-32-16-18-14-19(8-9-22(18)39(32,36)37)30-25-24-21(10-12-29-26(24)35)33(31-25)20-7-5-4-6-17(20)15-28/h8-9,14,17,20-21,24-25,30-31H,4-7,10-13,16H2,1-3H3,(H,29,35)/t17-,20+,21?,24?,25?/m1/s1. The second kappa shape index (κ2) is 10.7. The van der Waals surface area contributed by atoms with E-state index in [1.807, 2.05) is 0 Å². The topological polar surface area (TPSA) is 144 Å². The van der Waals surface area contributed by atoms with Gasteiger partial charge in [0, 0.05) is 37.4 Å². The van der Waals surface area contributed by atoms with Crippen LogP contribution in [0.25, 0.3) is 0 Å². The molecule has 3 unspecified atom stereocenters. The van der Waals surface area contributed by atoms with Crippen molar-refractivity contribution in [3.63, 3.8) is 0 Å². The van der Waals surface area contributed by atoms with Crippen LogP contribution in [0, 0.1) is 23.2 Å². The van der Waals surface area contributed by atoms with Crippen LogP contribution in [0.5, 0.6) is 0 Å². The predicted molar refractivity (Wildman–Crippen MR) is 143 cm³/mol. The number of rotatable bonds is 6. The average Bonchev–Trinajstić information content (AvgIpc) is 3.36. The highest BCUT2D eigenvalue weighted by atomic mass is 32.2. The van der Waals surface area contributed by atoms with Gasteiger partial charge in [0.05, 0.1) is 29.2 Å². The van der Waals surface area contributed by atoms with E-state index in [-0.39, 0.29) is 54.2 Å². The summed E-state index contributed by atoms with van der Waals surface area (Å²) >= 11 is 0. The molecule has 3 fully saturated rings. The minimum absolute atomic E-state index is 0.0200. The molecule has 5 rings (SSSR count). The van der Waals surface area contributed by atoms with E-state index in [2.05, 4.69) is 27.1 Å². The van der Waals surface area contributed by atoms with Crippen molar-refractivity contribution in [2.75, 3.05) is 18.4 Å². The maximum absolute atomic E-state index is 13.1. The molecule has 1 aromatic rings. The van der Waals surface area contributed by atoms with Crippen LogP contribution in [0.3, 0.4) is 0 Å². The molecule has 212 valence electrons. The highest BCUT2D eigenvalue weighted by molar-refractivity contribution is 7.89. The average molecular weight is 559 g/mol. The molecule has 3 aliphatic heterocycles. The van der Waals surface area contributed by atoms with Gasteiger partial charge in [-0.3, -0.25) is 9.59 Å². The monoisotopic (exact) mass is 558 g/mol. The minimum atomic E-state index is -3.71. The Morgan fingerprint density at radius 1 is 1.21 bits per heavy atom. The summed E-state index contributed by atoms with van der Waals surface area (Å²) in [5.41, 5.74) is 4.23. The zero-order valence-electron chi connectivity index (χ0n) is 22.8. The zero-order chi connectivity index (χ0) is 27.9. The molecule has 0 bridgehead atoms. The second-order valence-electron chi connectivity index (χ2n) is 11.9. The normalized spacial score (nSPS) is 30.6. The van der Waals surface area contributed by atoms with Crippen molar-refractivity contribution in [2.24, 2.45) is 11.8 Å². The Morgan fingerprint density at radius 2 is 1.97 bits per heavy atom. The van der Waals surface area contributed by atoms with Gasteiger partial charge in [-0.1, -0.05) is 12.8 Å². The van der Waals surface area contributed by atoms with Crippen LogP contribution in [-0.2, 0) is 30.9 Å². The first-order chi connectivity index (χ1) is 18.5. The Labute approximate surface area is 230 Å². The quantitative estimate of drug-likeness (QED) is 0.447. The maximum atomic E-state index is 13.1. The van der Waals surface area contributed by atoms with Gasteiger partial charge in [-0.2, -0.15) is 9.57 Å². The number of sulfonamides is 1. The van der Waals surface area contributed by atoms with E-state index in [4.69, 9.17) is 4.74 Å². The third-order valence-corrected chi connectivity index (χ3v) is 9.99. The van der Waals surface area contributed by atoms with Crippen molar-refractivity contribution in [3.05, 3.63) is 23.8 Å². The molecule has 3 heterocycles. The number of hydrogen-bond acceptors (Lipinski definition) is 9. The first-order valence-electron chi connectivity index (χ1n) is 13.8. The number of nitrogens with zero attached hydrogens (tertiary/aromatic N) is 3. The van der Waals surface area contributed by atoms with Gasteiger partial charge < -0.3 is 15.4 Å². The summed E-state index contributed by atoms with van der Waals surface area (Å²) in [5, 5.41) is 18.3. The number of ether oxygens (including phenoxy) is 1. The van der Waals surface area contributed by atoms with Crippen LogP contribution >= 0.6 is 0 Å². The van der Waals surface area contributed by atoms with E-state index in [1.165, 1.54) is 4.31 Å². The van der Waals surface area contributed by atoms with E-state index < -0.39 is 27.8 Å². The molecular weight excluding hydrogens is 520 g/mol. The van der Waals surface area contributed by atoms with Crippen molar-refractivity contribution in [3.8, 4) is 6.07 Å². The number of nitriles is 1. The van der Waals surface area contributed by atoms with E-state index in [0.717, 1.165) is 32.1 Å². The highest BCUT2D eigenvalue weighted by Gasteiger charge is 2.51. The van der Waals surface area contributed by atoms with Crippen LogP contribution in [0.15, 0.2) is 23.1 Å². The van der Waals surface area contributed by atoms with Crippen molar-refractivity contribution in [2.45, 2.75) is 94.6 Å². The van der Waals surface area contributed by atoms with Gasteiger partial charge >= 0.3 is 5.97 Å². The lowest BCUT2D eigenvalue weighted by atomic mass is 9.83. The van der Waals surface area contributed by atoms with Crippen molar-refractivity contribution >= 4 is 27.6 Å². The molecule has 39 heavy (non-hydrogen) atoms. The molecule has 5 atom stereocenters. The number of carbonyl (C=O) groups excluding carboxylic acids is 2. The van der Waals surface area contributed by atoms with Gasteiger partial charge in [-0.05, 0) is 63.8 Å². The molecule has 3 N–H and O–H groups in total. The summed E-state index contributed by atoms with van der Waals surface area (Å²) in [6.07, 6.45) is 4.27. The number of hydrazine groups is 1. The first kappa shape index (κ1) is 27.8. The van der Waals surface area contributed by atoms with Gasteiger partial charge in [-0.25, -0.2) is 18.9 Å². The molecule has 4 aliphatic rings. The summed E-state index contributed by atoms with van der Waals surface area (Å²) < 4.78 is 32.8. The maximum Gasteiger partial charge on any atom is 0.307 e. The van der Waals surface area contributed by atoms with Gasteiger partial charge in [0.2, 0.25) is 15.9 Å². The number of piperidine rings is 1. The number of carbonyl (C=O) groups is 2.